The van der Waals surface area contributed by atoms with Gasteiger partial charge in [-0.15, -0.1) is 0 Å². The van der Waals surface area contributed by atoms with E-state index >= 15 is 0 Å². The molecule has 0 fully saturated rings. The van der Waals surface area contributed by atoms with Gasteiger partial charge in [-0.05, 0) is 0 Å². The summed E-state index contributed by atoms with van der Waals surface area (Å²) in [6.07, 6.45) is 0. The van der Waals surface area contributed by atoms with Gasteiger partial charge >= 0.3 is 37.0 Å². The third-order valence-corrected chi connectivity index (χ3v) is 0. The zero-order valence-electron chi connectivity index (χ0n) is 2.12. The third-order valence-electron chi connectivity index (χ3n) is 0. The van der Waals surface area contributed by atoms with Crippen molar-refractivity contribution in [1.29, 1.82) is 0 Å². The average molecular weight is 212 g/mol. The van der Waals surface area contributed by atoms with Gasteiger partial charge in [0, 0.05) is 0 Å². The number of halogens is 3. The molecule has 5 heavy (non-hydrogen) atoms. The Morgan fingerprint density at radius 1 is 1.20 bits per heavy atom. The van der Waals surface area contributed by atoms with Crippen LogP contribution < -0.4 is 0 Å². The van der Waals surface area contributed by atoms with Crippen LogP contribution >= 0.6 is 0 Å². The molecule has 30 valence electrons. The van der Waals surface area contributed by atoms with Gasteiger partial charge in [-0.25, -0.2) is 0 Å². The van der Waals surface area contributed by atoms with Crippen LogP contribution in [0, 0.1) is 30.4 Å². The van der Waals surface area contributed by atoms with E-state index in [0.29, 0.717) is 0 Å². The van der Waals surface area contributed by atoms with Crippen LogP contribution in [0.3, 0.4) is 0 Å². The second-order valence-electron chi connectivity index (χ2n) is 0.515. The maximum atomic E-state index is 10.0. The predicted octanol–water partition coefficient (Wildman–Crippen LogP) is 1.14. The molecule has 0 N–H and O–H groups in total. The molecule has 5 heteroatoms. The van der Waals surface area contributed by atoms with Crippen molar-refractivity contribution in [1.82, 2.24) is 0 Å². The summed E-state index contributed by atoms with van der Waals surface area (Å²) in [6, 6.07) is 0. The van der Waals surface area contributed by atoms with Crippen molar-refractivity contribution in [3.05, 3.63) is 0 Å². The Labute approximate surface area is 36.9 Å². The van der Waals surface area contributed by atoms with Crippen LogP contribution in [-0.2, 0) is 1.70 Å². The van der Waals surface area contributed by atoms with Crippen molar-refractivity contribution in [2.75, 3.05) is 0 Å². The van der Waals surface area contributed by atoms with E-state index in [1.54, 1.807) is 0 Å². The molecule has 0 saturated heterocycles. The Bertz CT molecular complexity index is 53.0. The summed E-state index contributed by atoms with van der Waals surface area (Å²) in [6.45, 7) is 0. The molecule has 0 rings (SSSR count). The Morgan fingerprint density at radius 3 is 1.20 bits per heavy atom. The van der Waals surface area contributed by atoms with E-state index in [4.69, 9.17) is 1.70 Å². The first-order chi connectivity index (χ1) is 2.00. The van der Waals surface area contributed by atoms with Gasteiger partial charge in [0.25, 0.3) is 0 Å². The van der Waals surface area contributed by atoms with E-state index in [1.807, 2.05) is 0 Å². The first kappa shape index (κ1) is 5.78. The van der Waals surface area contributed by atoms with Crippen molar-refractivity contribution < 1.29 is 37.0 Å². The number of hydrogen-bond donors (Lipinski definition) is 0. The van der Waals surface area contributed by atoms with Crippen LogP contribution in [0.25, 0.3) is 0 Å². The van der Waals surface area contributed by atoms with E-state index in [9.17, 15) is 4.81 Å². The average Bonchev–Trinajstić information content (AvgIpc) is 0.722. The minimum absolute atomic E-state index is 7.08. The molecule has 0 bridgehead atoms. The van der Waals surface area contributed by atoms with Crippen molar-refractivity contribution in [3.63, 3.8) is 0 Å². The molecule has 1 nitrogen and oxygen atoms in total. The van der Waals surface area contributed by atoms with E-state index in [-0.39, 0.29) is 0 Å². The van der Waals surface area contributed by atoms with Crippen LogP contribution in [0.5, 0.6) is 0 Å². The molecule has 0 unspecified atom stereocenters. The summed E-state index contributed by atoms with van der Waals surface area (Å²) < 4.78 is 38.4. The standard InChI is InChI=1S/3FH.La.O/h3*1H;;/q;;;+3;/p-3. The third kappa shape index (κ3) is 60.2. The number of rotatable bonds is 0. The van der Waals surface area contributed by atoms with Gasteiger partial charge in [-0.3, -0.25) is 0 Å². The van der Waals surface area contributed by atoms with Gasteiger partial charge in [0.15, 0.2) is 0 Å². The van der Waals surface area contributed by atoms with Gasteiger partial charge in [-0.1, -0.05) is 0 Å². The van der Waals surface area contributed by atoms with Gasteiger partial charge in [0.1, 0.15) is 0 Å². The van der Waals surface area contributed by atoms with Gasteiger partial charge in [-0.2, -0.15) is 0 Å². The fourth-order valence-electron chi connectivity index (χ4n) is 0. The van der Waals surface area contributed by atoms with E-state index in [1.165, 1.54) is 0 Å². The molecular weight excluding hydrogens is 212 g/mol. The summed E-state index contributed by atoms with van der Waals surface area (Å²) >= 11 is -7.08. The fraction of sp³-hybridized carbons (Fsp3) is 0. The molecule has 0 aliphatic carbocycles. The quantitative estimate of drug-likeness (QED) is 0.588. The predicted molar refractivity (Wildman–Crippen MR) is 4.01 cm³/mol. The Balaban J connectivity index is 3.47. The van der Waals surface area contributed by atoms with Crippen molar-refractivity contribution in [3.8, 4) is 0 Å². The summed E-state index contributed by atoms with van der Waals surface area (Å²) in [5.41, 5.74) is 0. The first-order valence-corrected chi connectivity index (χ1v) is 6.48. The van der Waals surface area contributed by atoms with Crippen molar-refractivity contribution >= 4 is 0 Å². The van der Waals surface area contributed by atoms with Crippen LogP contribution in [0.4, 0.5) is 4.81 Å². The SMILES string of the molecule is [O]=[La]([F])([F])[F]. The zero-order chi connectivity index (χ0) is 4.50. The monoisotopic (exact) mass is 212 g/mol. The van der Waals surface area contributed by atoms with Gasteiger partial charge in [0.2, 0.25) is 0 Å². The zero-order valence-corrected chi connectivity index (χ0v) is 5.75. The molecule has 0 radical (unpaired) electrons. The molecule has 0 spiro atoms. The number of hydrogen-bond acceptors (Lipinski definition) is 1. The van der Waals surface area contributed by atoms with Crippen molar-refractivity contribution in [2.24, 2.45) is 0 Å². The van der Waals surface area contributed by atoms with Crippen LogP contribution in [0.15, 0.2) is 0 Å². The van der Waals surface area contributed by atoms with Crippen LogP contribution in [0.1, 0.15) is 0 Å². The second-order valence-corrected chi connectivity index (χ2v) is 3.75. The molecule has 0 aromatic carbocycles. The molecule has 0 aromatic heterocycles. The van der Waals surface area contributed by atoms with Crippen LogP contribution in [0.2, 0.25) is 0 Å². The molecule has 0 heterocycles. The summed E-state index contributed by atoms with van der Waals surface area (Å²) in [4.78, 5) is 0. The molecule has 0 aliphatic rings. The summed E-state index contributed by atoms with van der Waals surface area (Å²) in [5, 5.41) is 0. The van der Waals surface area contributed by atoms with Crippen LogP contribution in [-0.4, -0.2) is 0 Å². The Hall–Kier alpha value is 0.785. The molecule has 0 amide bonds. The first-order valence-electron chi connectivity index (χ1n) is 0.890. The minimum atomic E-state index is -7.08. The van der Waals surface area contributed by atoms with Gasteiger partial charge in [0.05, 0.1) is 0 Å². The van der Waals surface area contributed by atoms with Gasteiger partial charge < -0.3 is 0 Å². The molecular formula is F3LaO. The summed E-state index contributed by atoms with van der Waals surface area (Å²) in [7, 11) is 0. The maximum absolute atomic E-state index is 10.0. The molecule has 0 saturated carbocycles. The topological polar surface area (TPSA) is 17.1 Å². The second kappa shape index (κ2) is 1.49. The Kier molecular flexibility index (Phi) is 1.72. The van der Waals surface area contributed by atoms with Crippen molar-refractivity contribution in [2.45, 2.75) is 0 Å². The molecule has 0 aliphatic heterocycles. The molecule has 0 atom stereocenters. The normalized spacial score (nSPS) is 8.60. The summed E-state index contributed by atoms with van der Waals surface area (Å²) in [5.74, 6) is 0. The van der Waals surface area contributed by atoms with E-state index < -0.39 is 30.4 Å². The van der Waals surface area contributed by atoms with E-state index in [0.717, 1.165) is 0 Å². The fourth-order valence-corrected chi connectivity index (χ4v) is 0. The molecule has 0 aromatic rings. The van der Waals surface area contributed by atoms with E-state index in [2.05, 4.69) is 0 Å². The Morgan fingerprint density at radius 2 is 1.20 bits per heavy atom.